The van der Waals surface area contributed by atoms with E-state index in [1.165, 1.54) is 4.40 Å². The van der Waals surface area contributed by atoms with Gasteiger partial charge in [0.15, 0.2) is 0 Å². The molecule has 1 aromatic carbocycles. The topological polar surface area (TPSA) is 87.3 Å². The fourth-order valence-electron chi connectivity index (χ4n) is 2.12. The third-order valence-electron chi connectivity index (χ3n) is 2.91. The highest BCUT2D eigenvalue weighted by Crippen LogP contribution is 2.16. The normalized spacial score (nSPS) is 11.4. The van der Waals surface area contributed by atoms with Gasteiger partial charge in [-0.3, -0.25) is 4.79 Å². The first-order chi connectivity index (χ1) is 8.59. The second-order valence-electron chi connectivity index (χ2n) is 4.09. The number of carbonyl (C=O) groups is 1. The predicted molar refractivity (Wildman–Crippen MR) is 65.1 cm³/mol. The van der Waals surface area contributed by atoms with Crippen molar-refractivity contribution in [3.63, 3.8) is 0 Å². The predicted octanol–water partition coefficient (Wildman–Crippen LogP) is -0.527. The Morgan fingerprint density at radius 2 is 2.00 bits per heavy atom. The summed E-state index contributed by atoms with van der Waals surface area (Å²) >= 11 is 0. The molecule has 0 saturated heterocycles. The molecule has 0 aliphatic heterocycles. The number of fused-ring (bicyclic) bond motifs is 3. The van der Waals surface area contributed by atoms with Crippen molar-refractivity contribution in [2.75, 3.05) is 0 Å². The summed E-state index contributed by atoms with van der Waals surface area (Å²) in [7, 11) is 1.82. The second-order valence-corrected chi connectivity index (χ2v) is 4.09. The van der Waals surface area contributed by atoms with Crippen molar-refractivity contribution >= 4 is 22.7 Å². The van der Waals surface area contributed by atoms with Gasteiger partial charge in [-0.25, -0.2) is 13.9 Å². The molecule has 0 radical (unpaired) electrons. The molecule has 18 heavy (non-hydrogen) atoms. The van der Waals surface area contributed by atoms with E-state index >= 15 is 0 Å². The Morgan fingerprint density at radius 1 is 1.33 bits per heavy atom. The number of rotatable bonds is 2. The van der Waals surface area contributed by atoms with E-state index in [1.807, 2.05) is 31.3 Å². The molecule has 7 heteroatoms. The summed E-state index contributed by atoms with van der Waals surface area (Å²) in [6, 6.07) is 7.48. The van der Waals surface area contributed by atoms with Crippen LogP contribution in [0.5, 0.6) is 0 Å². The van der Waals surface area contributed by atoms with Gasteiger partial charge in [0.2, 0.25) is 11.7 Å². The smallest absolute Gasteiger partial charge is 0.352 e. The minimum absolute atomic E-state index is 0.213. The third-order valence-corrected chi connectivity index (χ3v) is 2.91. The quantitative estimate of drug-likeness (QED) is 0.658. The molecular formula is C11H11N5O2. The van der Waals surface area contributed by atoms with Crippen molar-refractivity contribution in [3.05, 3.63) is 34.7 Å². The number of nitrogens with two attached hydrogens (primary N) is 1. The number of aryl methyl sites for hydroxylation is 1. The van der Waals surface area contributed by atoms with Gasteiger partial charge in [0.25, 0.3) is 0 Å². The number of primary amides is 1. The van der Waals surface area contributed by atoms with E-state index in [9.17, 15) is 9.59 Å². The summed E-state index contributed by atoms with van der Waals surface area (Å²) in [5.41, 5.74) is 6.39. The SMILES string of the molecule is Cn1c2ccccc2n2c(=O)n(CC(N)=O)nc12. The van der Waals surface area contributed by atoms with Gasteiger partial charge in [-0.1, -0.05) is 12.1 Å². The summed E-state index contributed by atoms with van der Waals surface area (Å²) in [5.74, 6) is -0.104. The zero-order valence-corrected chi connectivity index (χ0v) is 9.70. The number of hydrogen-bond donors (Lipinski definition) is 1. The van der Waals surface area contributed by atoms with Crippen LogP contribution in [0, 0.1) is 0 Å². The highest BCUT2D eigenvalue weighted by Gasteiger charge is 2.15. The van der Waals surface area contributed by atoms with Gasteiger partial charge in [-0.05, 0) is 12.1 Å². The molecule has 0 aliphatic carbocycles. The fraction of sp³-hybridized carbons (Fsp3) is 0.182. The molecule has 0 unspecified atom stereocenters. The largest absolute Gasteiger partial charge is 0.368 e. The molecule has 0 bridgehead atoms. The first-order valence-corrected chi connectivity index (χ1v) is 5.41. The molecule has 3 aromatic rings. The Hall–Kier alpha value is -2.57. The second kappa shape index (κ2) is 3.46. The maximum absolute atomic E-state index is 12.1. The lowest BCUT2D eigenvalue weighted by Gasteiger charge is -1.96. The minimum atomic E-state index is -0.593. The average molecular weight is 245 g/mol. The summed E-state index contributed by atoms with van der Waals surface area (Å²) in [6.45, 7) is -0.213. The molecule has 7 nitrogen and oxygen atoms in total. The molecule has 1 amide bonds. The summed E-state index contributed by atoms with van der Waals surface area (Å²) in [4.78, 5) is 23.0. The lowest BCUT2D eigenvalue weighted by atomic mass is 10.3. The molecule has 0 atom stereocenters. The number of imidazole rings is 1. The number of benzene rings is 1. The van der Waals surface area contributed by atoms with Crippen molar-refractivity contribution in [3.8, 4) is 0 Å². The zero-order chi connectivity index (χ0) is 12.9. The van der Waals surface area contributed by atoms with Crippen molar-refractivity contribution < 1.29 is 4.79 Å². The monoisotopic (exact) mass is 245 g/mol. The molecule has 0 fully saturated rings. The van der Waals surface area contributed by atoms with Gasteiger partial charge in [0.05, 0.1) is 11.0 Å². The van der Waals surface area contributed by atoms with Crippen molar-refractivity contribution in [1.82, 2.24) is 18.7 Å². The van der Waals surface area contributed by atoms with E-state index in [4.69, 9.17) is 5.73 Å². The molecule has 0 aliphatic rings. The van der Waals surface area contributed by atoms with Crippen LogP contribution in [0.15, 0.2) is 29.1 Å². The van der Waals surface area contributed by atoms with Crippen molar-refractivity contribution in [1.29, 1.82) is 0 Å². The van der Waals surface area contributed by atoms with Crippen molar-refractivity contribution in [2.45, 2.75) is 6.54 Å². The van der Waals surface area contributed by atoms with E-state index in [0.29, 0.717) is 5.78 Å². The van der Waals surface area contributed by atoms with E-state index < -0.39 is 5.91 Å². The van der Waals surface area contributed by atoms with Gasteiger partial charge in [-0.2, -0.15) is 0 Å². The first kappa shape index (κ1) is 10.6. The lowest BCUT2D eigenvalue weighted by Crippen LogP contribution is -2.28. The van der Waals surface area contributed by atoms with E-state index in [2.05, 4.69) is 5.10 Å². The minimum Gasteiger partial charge on any atom is -0.368 e. The maximum atomic E-state index is 12.1. The Balaban J connectivity index is 2.42. The van der Waals surface area contributed by atoms with Gasteiger partial charge in [0.1, 0.15) is 6.54 Å². The maximum Gasteiger partial charge on any atom is 0.352 e. The number of hydrogen-bond acceptors (Lipinski definition) is 3. The summed E-state index contributed by atoms with van der Waals surface area (Å²) < 4.78 is 4.34. The standard InChI is InChI=1S/C11H11N5O2/c1-14-7-4-2-3-5-8(7)16-10(14)13-15(11(16)18)6-9(12)17/h2-5H,6H2,1H3,(H2,12,17). The summed E-state index contributed by atoms with van der Waals surface area (Å²) in [6.07, 6.45) is 0. The van der Waals surface area contributed by atoms with E-state index in [-0.39, 0.29) is 12.2 Å². The van der Waals surface area contributed by atoms with Crippen LogP contribution in [0.3, 0.4) is 0 Å². The third kappa shape index (κ3) is 1.27. The van der Waals surface area contributed by atoms with Crippen LogP contribution in [0.4, 0.5) is 0 Å². The van der Waals surface area contributed by atoms with Crippen LogP contribution < -0.4 is 11.4 Å². The van der Waals surface area contributed by atoms with Crippen LogP contribution in [0.1, 0.15) is 0 Å². The van der Waals surface area contributed by atoms with Gasteiger partial charge in [-0.15, -0.1) is 5.10 Å². The van der Waals surface area contributed by atoms with Crippen LogP contribution in [0.25, 0.3) is 16.8 Å². The molecule has 2 N–H and O–H groups in total. The molecule has 0 saturated carbocycles. The van der Waals surface area contributed by atoms with Crippen molar-refractivity contribution in [2.24, 2.45) is 12.8 Å². The molecule has 0 spiro atoms. The summed E-state index contributed by atoms with van der Waals surface area (Å²) in [5, 5.41) is 4.12. The Labute approximate surface area is 101 Å². The van der Waals surface area contributed by atoms with Gasteiger partial charge >= 0.3 is 5.69 Å². The molecular weight excluding hydrogens is 234 g/mol. The fourth-order valence-corrected chi connectivity index (χ4v) is 2.12. The lowest BCUT2D eigenvalue weighted by molar-refractivity contribution is -0.118. The van der Waals surface area contributed by atoms with Gasteiger partial charge in [0, 0.05) is 7.05 Å². The Kier molecular flexibility index (Phi) is 2.03. The first-order valence-electron chi connectivity index (χ1n) is 5.41. The average Bonchev–Trinajstić information content (AvgIpc) is 2.79. The van der Waals surface area contributed by atoms with Crippen LogP contribution in [0.2, 0.25) is 0 Å². The Bertz CT molecular complexity index is 823. The van der Waals surface area contributed by atoms with Crippen LogP contribution in [-0.2, 0) is 18.4 Å². The zero-order valence-electron chi connectivity index (χ0n) is 9.70. The van der Waals surface area contributed by atoms with Crippen LogP contribution in [-0.4, -0.2) is 24.7 Å². The number of aromatic nitrogens is 4. The van der Waals surface area contributed by atoms with Gasteiger partial charge < -0.3 is 10.3 Å². The molecule has 2 heterocycles. The molecule has 3 rings (SSSR count). The highest BCUT2D eigenvalue weighted by atomic mass is 16.2. The van der Waals surface area contributed by atoms with E-state index in [0.717, 1.165) is 15.7 Å². The number of carbonyl (C=O) groups excluding carboxylic acids is 1. The Morgan fingerprint density at radius 3 is 2.67 bits per heavy atom. The number of nitrogens with zero attached hydrogens (tertiary/aromatic N) is 4. The highest BCUT2D eigenvalue weighted by molar-refractivity contribution is 5.80. The number of para-hydroxylation sites is 2. The molecule has 2 aromatic heterocycles. The molecule has 92 valence electrons. The van der Waals surface area contributed by atoms with Crippen LogP contribution >= 0.6 is 0 Å². The van der Waals surface area contributed by atoms with E-state index in [1.54, 1.807) is 4.57 Å². The number of amides is 1.